The first-order valence-electron chi connectivity index (χ1n) is 16.0. The van der Waals surface area contributed by atoms with Crippen molar-refractivity contribution in [3.05, 3.63) is 81.7 Å². The number of hydrogen-bond donors (Lipinski definition) is 1. The highest BCUT2D eigenvalue weighted by Crippen LogP contribution is 2.39. The van der Waals surface area contributed by atoms with Gasteiger partial charge in [0.15, 0.2) is 0 Å². The van der Waals surface area contributed by atoms with E-state index in [9.17, 15) is 22.8 Å². The van der Waals surface area contributed by atoms with Crippen LogP contribution in [0.5, 0.6) is 0 Å². The van der Waals surface area contributed by atoms with Gasteiger partial charge in [-0.25, -0.2) is 8.42 Å². The molecule has 2 amide bonds. The minimum absolute atomic E-state index is 0.0362. The molecule has 0 spiro atoms. The molecule has 0 saturated carbocycles. The summed E-state index contributed by atoms with van der Waals surface area (Å²) in [5, 5.41) is 3.55. The van der Waals surface area contributed by atoms with Crippen LogP contribution in [0.25, 0.3) is 0 Å². The molecule has 4 heterocycles. The van der Waals surface area contributed by atoms with Gasteiger partial charge in [-0.05, 0) is 74.4 Å². The van der Waals surface area contributed by atoms with Gasteiger partial charge in [-0.15, -0.1) is 11.3 Å². The van der Waals surface area contributed by atoms with E-state index in [1.807, 2.05) is 23.1 Å². The van der Waals surface area contributed by atoms with E-state index in [1.165, 1.54) is 45.5 Å². The van der Waals surface area contributed by atoms with Crippen molar-refractivity contribution in [2.45, 2.75) is 57.0 Å². The van der Waals surface area contributed by atoms with Crippen LogP contribution >= 0.6 is 11.3 Å². The van der Waals surface area contributed by atoms with Gasteiger partial charge in [0, 0.05) is 56.3 Å². The molecule has 6 rings (SSSR count). The Bertz CT molecular complexity index is 1680. The molecule has 3 aliphatic heterocycles. The van der Waals surface area contributed by atoms with E-state index in [2.05, 4.69) is 22.3 Å². The summed E-state index contributed by atoms with van der Waals surface area (Å²) in [6.07, 6.45) is 3.82. The number of piperidine rings is 1. The van der Waals surface area contributed by atoms with E-state index >= 15 is 0 Å². The molecular weight excluding hydrogens is 625 g/mol. The first-order chi connectivity index (χ1) is 22.2. The van der Waals surface area contributed by atoms with Crippen LogP contribution in [0.15, 0.2) is 59.5 Å². The van der Waals surface area contributed by atoms with Crippen molar-refractivity contribution >= 4 is 44.1 Å². The molecule has 3 aliphatic rings. The summed E-state index contributed by atoms with van der Waals surface area (Å²) in [6, 6.07) is 16.1. The number of hydrogen-bond acceptors (Lipinski definition) is 8. The number of nitrogens with zero attached hydrogens (tertiary/aromatic N) is 3. The molecule has 0 aliphatic carbocycles. The zero-order valence-electron chi connectivity index (χ0n) is 26.1. The average Bonchev–Trinajstić information content (AvgIpc) is 3.73. The number of carbonyl (C=O) groups excluding carboxylic acids is 3. The molecule has 46 heavy (non-hydrogen) atoms. The number of esters is 1. The lowest BCUT2D eigenvalue weighted by atomic mass is 10.0. The van der Waals surface area contributed by atoms with Crippen molar-refractivity contribution in [2.75, 3.05) is 44.6 Å². The van der Waals surface area contributed by atoms with Crippen molar-refractivity contribution in [3.8, 4) is 0 Å². The molecule has 3 aromatic rings. The van der Waals surface area contributed by atoms with Gasteiger partial charge in [-0.2, -0.15) is 4.31 Å². The van der Waals surface area contributed by atoms with E-state index in [-0.39, 0.29) is 29.9 Å². The molecule has 10 nitrogen and oxygen atoms in total. The van der Waals surface area contributed by atoms with Gasteiger partial charge in [0.25, 0.3) is 11.8 Å². The van der Waals surface area contributed by atoms with Gasteiger partial charge in [0.2, 0.25) is 10.0 Å². The predicted octanol–water partition coefficient (Wildman–Crippen LogP) is 4.76. The summed E-state index contributed by atoms with van der Waals surface area (Å²) in [5.41, 5.74) is 3.13. The van der Waals surface area contributed by atoms with Crippen LogP contribution in [0.3, 0.4) is 0 Å². The Morgan fingerprint density at radius 2 is 1.70 bits per heavy atom. The molecule has 1 aromatic heterocycles. The van der Waals surface area contributed by atoms with Crippen molar-refractivity contribution in [1.82, 2.24) is 14.1 Å². The first kappa shape index (κ1) is 32.4. The van der Waals surface area contributed by atoms with Crippen LogP contribution in [-0.2, 0) is 39.1 Å². The lowest BCUT2D eigenvalue weighted by Crippen LogP contribution is -2.42. The molecular formula is C34H40N4O6S2. The largest absolute Gasteiger partial charge is 0.466 e. The van der Waals surface area contributed by atoms with Crippen molar-refractivity contribution in [1.29, 1.82) is 0 Å². The number of benzene rings is 2. The molecule has 2 saturated heterocycles. The number of ether oxygens (including phenoxy) is 1. The maximum atomic E-state index is 13.8. The lowest BCUT2D eigenvalue weighted by molar-refractivity contribution is -0.149. The van der Waals surface area contributed by atoms with Gasteiger partial charge in [0.1, 0.15) is 5.00 Å². The van der Waals surface area contributed by atoms with Gasteiger partial charge in [0.05, 0.1) is 23.0 Å². The molecule has 244 valence electrons. The zero-order valence-corrected chi connectivity index (χ0v) is 27.7. The van der Waals surface area contributed by atoms with Crippen LogP contribution in [0.1, 0.15) is 69.3 Å². The predicted molar refractivity (Wildman–Crippen MR) is 176 cm³/mol. The second kappa shape index (κ2) is 14.0. The molecule has 0 radical (unpaired) electrons. The third kappa shape index (κ3) is 6.90. The topological polar surface area (TPSA) is 116 Å². The molecule has 1 N–H and O–H groups in total. The third-order valence-electron chi connectivity index (χ3n) is 8.98. The highest BCUT2D eigenvalue weighted by Gasteiger charge is 2.35. The smallest absolute Gasteiger partial charge is 0.310 e. The fraction of sp³-hybridized carbons (Fsp3) is 0.441. The second-order valence-electron chi connectivity index (χ2n) is 12.1. The summed E-state index contributed by atoms with van der Waals surface area (Å²) >= 11 is 1.46. The summed E-state index contributed by atoms with van der Waals surface area (Å²) in [7, 11) is -3.86. The van der Waals surface area contributed by atoms with Gasteiger partial charge in [-0.1, -0.05) is 30.3 Å². The summed E-state index contributed by atoms with van der Waals surface area (Å²) in [6.45, 7) is 6.13. The van der Waals surface area contributed by atoms with Crippen LogP contribution in [-0.4, -0.2) is 79.6 Å². The normalized spacial score (nSPS) is 19.1. The first-order valence-corrected chi connectivity index (χ1v) is 18.3. The highest BCUT2D eigenvalue weighted by atomic mass is 32.2. The van der Waals surface area contributed by atoms with Gasteiger partial charge in [-0.3, -0.25) is 19.3 Å². The van der Waals surface area contributed by atoms with Crippen LogP contribution < -0.4 is 5.32 Å². The fourth-order valence-electron chi connectivity index (χ4n) is 6.54. The Balaban J connectivity index is 1.19. The molecule has 2 aromatic carbocycles. The van der Waals surface area contributed by atoms with Crippen molar-refractivity contribution in [3.63, 3.8) is 0 Å². The lowest BCUT2D eigenvalue weighted by Gasteiger charge is -2.30. The summed E-state index contributed by atoms with van der Waals surface area (Å²) in [4.78, 5) is 44.9. The minimum Gasteiger partial charge on any atom is -0.466 e. The standard InChI is InChI=1S/C34H40N4O6S2/c1-2-44-34(41)26-11-8-19-38(22-26)46(42,43)27-14-12-25(13-15-27)31(39)35-32-30(33(40)37-17-6-7-18-37)28-16-20-36(23-29(28)45-32)21-24-9-4-3-5-10-24/h3-5,9-10,12-15,26H,2,6-8,11,16-23H2,1H3,(H,35,39). The number of nitrogens with one attached hydrogen (secondary N) is 1. The molecule has 12 heteroatoms. The Morgan fingerprint density at radius 3 is 2.41 bits per heavy atom. The molecule has 0 bridgehead atoms. The number of sulfonamides is 1. The third-order valence-corrected chi connectivity index (χ3v) is 12.0. The van der Waals surface area contributed by atoms with E-state index in [0.717, 1.165) is 42.8 Å². The number of fused-ring (bicyclic) bond motifs is 1. The number of anilines is 1. The minimum atomic E-state index is -3.86. The van der Waals surface area contributed by atoms with E-state index in [4.69, 9.17) is 4.74 Å². The number of carbonyl (C=O) groups is 3. The van der Waals surface area contributed by atoms with Crippen molar-refractivity contribution in [2.24, 2.45) is 5.92 Å². The number of amides is 2. The summed E-state index contributed by atoms with van der Waals surface area (Å²) in [5.74, 6) is -1.31. The summed E-state index contributed by atoms with van der Waals surface area (Å²) < 4.78 is 33.3. The van der Waals surface area contributed by atoms with E-state index in [0.29, 0.717) is 55.1 Å². The monoisotopic (exact) mass is 664 g/mol. The van der Waals surface area contributed by atoms with E-state index < -0.39 is 21.8 Å². The van der Waals surface area contributed by atoms with Crippen molar-refractivity contribution < 1.29 is 27.5 Å². The van der Waals surface area contributed by atoms with Crippen LogP contribution in [0, 0.1) is 5.92 Å². The molecule has 1 unspecified atom stereocenters. The molecule has 1 atom stereocenters. The number of likely N-dealkylation sites (tertiary alicyclic amines) is 1. The Kier molecular flexibility index (Phi) is 9.88. The maximum absolute atomic E-state index is 13.8. The molecule has 2 fully saturated rings. The SMILES string of the molecule is CCOC(=O)C1CCCN(S(=O)(=O)c2ccc(C(=O)Nc3sc4c(c3C(=O)N3CCCC3)CCN(Cc3ccccc3)C4)cc2)C1. The maximum Gasteiger partial charge on any atom is 0.310 e. The zero-order chi connectivity index (χ0) is 32.3. The fourth-order valence-corrected chi connectivity index (χ4v) is 9.34. The van der Waals surface area contributed by atoms with Gasteiger partial charge < -0.3 is 15.0 Å². The second-order valence-corrected chi connectivity index (χ2v) is 15.1. The highest BCUT2D eigenvalue weighted by molar-refractivity contribution is 7.89. The number of thiophene rings is 1. The Hall–Kier alpha value is -3.58. The Morgan fingerprint density at radius 1 is 0.957 bits per heavy atom. The Labute approximate surface area is 274 Å². The van der Waals surface area contributed by atoms with E-state index in [1.54, 1.807) is 6.92 Å². The van der Waals surface area contributed by atoms with Crippen LogP contribution in [0.2, 0.25) is 0 Å². The average molecular weight is 665 g/mol. The van der Waals surface area contributed by atoms with Gasteiger partial charge >= 0.3 is 5.97 Å². The number of rotatable bonds is 9. The van der Waals surface area contributed by atoms with Crippen LogP contribution in [0.4, 0.5) is 5.00 Å². The quantitative estimate of drug-likeness (QED) is 0.328.